The first-order chi connectivity index (χ1) is 11.2. The Labute approximate surface area is 150 Å². The quantitative estimate of drug-likeness (QED) is 0.903. The summed E-state index contributed by atoms with van der Waals surface area (Å²) >= 11 is 0. The van der Waals surface area contributed by atoms with Gasteiger partial charge in [0, 0.05) is 18.7 Å². The van der Waals surface area contributed by atoms with Gasteiger partial charge in [-0.3, -0.25) is 4.79 Å². The molecule has 2 heterocycles. The van der Waals surface area contributed by atoms with Crippen molar-refractivity contribution in [1.82, 2.24) is 10.2 Å². The van der Waals surface area contributed by atoms with Crippen molar-refractivity contribution < 1.29 is 14.3 Å². The number of fused-ring (bicyclic) bond motifs is 1. The molecule has 1 amide bonds. The van der Waals surface area contributed by atoms with Gasteiger partial charge in [0.1, 0.15) is 0 Å². The molecule has 2 aliphatic heterocycles. The van der Waals surface area contributed by atoms with Gasteiger partial charge < -0.3 is 19.7 Å². The number of carbonyl (C=O) groups excluding carboxylic acids is 1. The highest BCUT2D eigenvalue weighted by Crippen LogP contribution is 2.30. The summed E-state index contributed by atoms with van der Waals surface area (Å²) in [7, 11) is 1.60. The first-order valence-corrected chi connectivity index (χ1v) is 8.53. The summed E-state index contributed by atoms with van der Waals surface area (Å²) in [5.41, 5.74) is 0.676. The first-order valence-electron chi connectivity index (χ1n) is 8.53. The second-order valence-electron chi connectivity index (χ2n) is 6.35. The summed E-state index contributed by atoms with van der Waals surface area (Å²) in [5, 5.41) is 3.47. The van der Waals surface area contributed by atoms with E-state index in [9.17, 15) is 4.79 Å². The minimum atomic E-state index is 0. The second-order valence-corrected chi connectivity index (χ2v) is 6.35. The Balaban J connectivity index is 0.00000208. The SMILES string of the molecule is CCOc1ccc(C(=O)N2CC[C@@H]3CNC[C@@H]3CC2)cc1OC.Cl. The Hall–Kier alpha value is -1.46. The molecule has 6 heteroatoms. The smallest absolute Gasteiger partial charge is 0.253 e. The van der Waals surface area contributed by atoms with Crippen LogP contribution in [-0.4, -0.2) is 50.7 Å². The van der Waals surface area contributed by atoms with Gasteiger partial charge in [-0.2, -0.15) is 0 Å². The van der Waals surface area contributed by atoms with E-state index in [1.165, 1.54) is 0 Å². The fourth-order valence-electron chi connectivity index (χ4n) is 3.68. The highest BCUT2D eigenvalue weighted by Gasteiger charge is 2.31. The van der Waals surface area contributed by atoms with E-state index < -0.39 is 0 Å². The number of halogens is 1. The van der Waals surface area contributed by atoms with Crippen LogP contribution in [0.3, 0.4) is 0 Å². The van der Waals surface area contributed by atoms with E-state index in [0.717, 1.165) is 50.9 Å². The largest absolute Gasteiger partial charge is 0.493 e. The van der Waals surface area contributed by atoms with Gasteiger partial charge in [-0.1, -0.05) is 0 Å². The average molecular weight is 355 g/mol. The van der Waals surface area contributed by atoms with Crippen LogP contribution in [0.1, 0.15) is 30.1 Å². The molecule has 0 spiro atoms. The monoisotopic (exact) mass is 354 g/mol. The lowest BCUT2D eigenvalue weighted by Gasteiger charge is -2.21. The van der Waals surface area contributed by atoms with Crippen molar-refractivity contribution in [2.24, 2.45) is 11.8 Å². The van der Waals surface area contributed by atoms with Gasteiger partial charge in [-0.25, -0.2) is 0 Å². The maximum absolute atomic E-state index is 12.8. The van der Waals surface area contributed by atoms with Crippen LogP contribution < -0.4 is 14.8 Å². The minimum Gasteiger partial charge on any atom is -0.493 e. The summed E-state index contributed by atoms with van der Waals surface area (Å²) in [6.07, 6.45) is 2.19. The van der Waals surface area contributed by atoms with Gasteiger partial charge in [0.05, 0.1) is 13.7 Å². The van der Waals surface area contributed by atoms with Gasteiger partial charge in [0.2, 0.25) is 0 Å². The maximum Gasteiger partial charge on any atom is 0.253 e. The van der Waals surface area contributed by atoms with Gasteiger partial charge >= 0.3 is 0 Å². The van der Waals surface area contributed by atoms with Crippen molar-refractivity contribution >= 4 is 18.3 Å². The normalized spacial score (nSPS) is 23.0. The highest BCUT2D eigenvalue weighted by molar-refractivity contribution is 5.95. The topological polar surface area (TPSA) is 50.8 Å². The van der Waals surface area contributed by atoms with Gasteiger partial charge in [0.15, 0.2) is 11.5 Å². The summed E-state index contributed by atoms with van der Waals surface area (Å²) in [4.78, 5) is 14.8. The van der Waals surface area contributed by atoms with E-state index in [4.69, 9.17) is 9.47 Å². The van der Waals surface area contributed by atoms with Gasteiger partial charge in [-0.15, -0.1) is 12.4 Å². The third-order valence-corrected chi connectivity index (χ3v) is 5.02. The summed E-state index contributed by atoms with van der Waals surface area (Å²) in [6, 6.07) is 5.45. The van der Waals surface area contributed by atoms with Crippen LogP contribution in [0.25, 0.3) is 0 Å². The molecule has 1 N–H and O–H groups in total. The molecule has 1 aromatic carbocycles. The number of methoxy groups -OCH3 is 1. The van der Waals surface area contributed by atoms with Crippen molar-refractivity contribution in [1.29, 1.82) is 0 Å². The van der Waals surface area contributed by atoms with Crippen LogP contribution in [0.4, 0.5) is 0 Å². The Kier molecular flexibility index (Phi) is 6.75. The van der Waals surface area contributed by atoms with Gasteiger partial charge in [0.25, 0.3) is 5.91 Å². The van der Waals surface area contributed by atoms with Crippen molar-refractivity contribution in [3.63, 3.8) is 0 Å². The van der Waals surface area contributed by atoms with Crippen LogP contribution in [-0.2, 0) is 0 Å². The van der Waals surface area contributed by atoms with Crippen LogP contribution in [0.15, 0.2) is 18.2 Å². The van der Waals surface area contributed by atoms with Crippen molar-refractivity contribution in [3.8, 4) is 11.5 Å². The number of rotatable bonds is 4. The molecule has 1 aromatic rings. The third-order valence-electron chi connectivity index (χ3n) is 5.02. The maximum atomic E-state index is 12.8. The van der Waals surface area contributed by atoms with Crippen molar-refractivity contribution in [3.05, 3.63) is 23.8 Å². The van der Waals surface area contributed by atoms with E-state index >= 15 is 0 Å². The molecule has 2 saturated heterocycles. The molecule has 3 rings (SSSR count). The standard InChI is InChI=1S/C18H26N2O3.ClH/c1-3-23-16-5-4-13(10-17(16)22-2)18(21)20-8-6-14-11-19-12-15(14)7-9-20;/h4-5,10,14-15,19H,3,6-9,11-12H2,1-2H3;1H/t14-,15+;. The predicted molar refractivity (Wildman–Crippen MR) is 96.4 cm³/mol. The zero-order valence-electron chi connectivity index (χ0n) is 14.4. The molecule has 2 aliphatic rings. The van der Waals surface area contributed by atoms with Crippen molar-refractivity contribution in [2.45, 2.75) is 19.8 Å². The fourth-order valence-corrected chi connectivity index (χ4v) is 3.68. The molecule has 2 fully saturated rings. The number of hydrogen-bond donors (Lipinski definition) is 1. The molecule has 0 saturated carbocycles. The molecule has 134 valence electrons. The summed E-state index contributed by atoms with van der Waals surface area (Å²) in [5.74, 6) is 2.85. The Bertz CT molecular complexity index is 553. The van der Waals surface area contributed by atoms with Gasteiger partial charge in [-0.05, 0) is 62.9 Å². The van der Waals surface area contributed by atoms with Crippen LogP contribution in [0, 0.1) is 11.8 Å². The van der Waals surface area contributed by atoms with Crippen LogP contribution >= 0.6 is 12.4 Å². The number of ether oxygens (including phenoxy) is 2. The Morgan fingerprint density at radius 1 is 1.21 bits per heavy atom. The minimum absolute atomic E-state index is 0. The number of likely N-dealkylation sites (tertiary alicyclic amines) is 1. The summed E-state index contributed by atoms with van der Waals surface area (Å²) < 4.78 is 10.9. The fraction of sp³-hybridized carbons (Fsp3) is 0.611. The van der Waals surface area contributed by atoms with E-state index in [2.05, 4.69) is 5.32 Å². The zero-order chi connectivity index (χ0) is 16.2. The molecule has 0 bridgehead atoms. The molecule has 2 atom stereocenters. The van der Waals surface area contributed by atoms with Crippen LogP contribution in [0.5, 0.6) is 11.5 Å². The molecule has 0 aromatic heterocycles. The number of nitrogens with zero attached hydrogens (tertiary/aromatic N) is 1. The van der Waals surface area contributed by atoms with E-state index in [1.807, 2.05) is 24.0 Å². The van der Waals surface area contributed by atoms with E-state index in [-0.39, 0.29) is 18.3 Å². The zero-order valence-corrected chi connectivity index (χ0v) is 15.2. The molecule has 5 nitrogen and oxygen atoms in total. The van der Waals surface area contributed by atoms with Crippen LogP contribution in [0.2, 0.25) is 0 Å². The molecule has 0 aliphatic carbocycles. The number of amides is 1. The number of hydrogen-bond acceptors (Lipinski definition) is 4. The lowest BCUT2D eigenvalue weighted by atomic mass is 9.92. The predicted octanol–water partition coefficient (Wildman–Crippen LogP) is 2.59. The third kappa shape index (κ3) is 3.95. The highest BCUT2D eigenvalue weighted by atomic mass is 35.5. The van der Waals surface area contributed by atoms with Crippen molar-refractivity contribution in [2.75, 3.05) is 39.9 Å². The number of carbonyl (C=O) groups is 1. The van der Waals surface area contributed by atoms with E-state index in [1.54, 1.807) is 13.2 Å². The lowest BCUT2D eigenvalue weighted by Crippen LogP contribution is -2.32. The van der Waals surface area contributed by atoms with E-state index in [0.29, 0.717) is 23.7 Å². The molecular formula is C18H27ClN2O3. The molecule has 0 radical (unpaired) electrons. The Morgan fingerprint density at radius 2 is 1.88 bits per heavy atom. The second kappa shape index (κ2) is 8.58. The average Bonchev–Trinajstić information content (AvgIpc) is 2.93. The number of nitrogens with one attached hydrogen (secondary N) is 1. The Morgan fingerprint density at radius 3 is 2.46 bits per heavy atom. The summed E-state index contributed by atoms with van der Waals surface area (Å²) in [6.45, 7) is 6.40. The molecular weight excluding hydrogens is 328 g/mol. The first kappa shape index (κ1) is 18.9. The lowest BCUT2D eigenvalue weighted by molar-refractivity contribution is 0.0758. The molecule has 24 heavy (non-hydrogen) atoms. The molecule has 0 unspecified atom stereocenters. The number of benzene rings is 1.